The minimum atomic E-state index is 0.0129. The lowest BCUT2D eigenvalue weighted by molar-refractivity contribution is 0.234. The zero-order valence-electron chi connectivity index (χ0n) is 12.3. The number of halogens is 1. The molecule has 1 unspecified atom stereocenters. The van der Waals surface area contributed by atoms with Gasteiger partial charge in [-0.1, -0.05) is 28.1 Å². The molecule has 6 heteroatoms. The van der Waals surface area contributed by atoms with Crippen molar-refractivity contribution in [3.63, 3.8) is 0 Å². The van der Waals surface area contributed by atoms with Gasteiger partial charge in [-0.05, 0) is 38.5 Å². The molecule has 0 bridgehead atoms. The van der Waals surface area contributed by atoms with Crippen LogP contribution in [-0.4, -0.2) is 16.1 Å². The standard InChI is InChI=1S/C15H19BrN4O/c1-9(2)21-15-13(17)14(18-8-19-15)20-10(3)11-4-6-12(16)7-5-11/h4-10H,17H2,1-3H3,(H,18,19,20). The lowest BCUT2D eigenvalue weighted by Gasteiger charge is -2.18. The Bertz CT molecular complexity index is 601. The molecule has 0 aliphatic rings. The number of ether oxygens (including phenoxy) is 1. The van der Waals surface area contributed by atoms with Gasteiger partial charge in [-0.15, -0.1) is 0 Å². The SMILES string of the molecule is CC(C)Oc1ncnc(NC(C)c2ccc(Br)cc2)c1N. The molecule has 0 aliphatic heterocycles. The number of aromatic nitrogens is 2. The molecule has 1 aromatic heterocycles. The summed E-state index contributed by atoms with van der Waals surface area (Å²) in [6, 6.07) is 8.17. The fourth-order valence-corrected chi connectivity index (χ4v) is 2.12. The van der Waals surface area contributed by atoms with Crippen LogP contribution in [0.1, 0.15) is 32.4 Å². The predicted molar refractivity (Wildman–Crippen MR) is 88.4 cm³/mol. The Kier molecular flexibility index (Phi) is 5.01. The monoisotopic (exact) mass is 350 g/mol. The third-order valence-corrected chi connectivity index (χ3v) is 3.45. The van der Waals surface area contributed by atoms with Gasteiger partial charge in [0.1, 0.15) is 12.0 Å². The Labute approximate surface area is 133 Å². The molecule has 2 aromatic rings. The molecule has 0 saturated heterocycles. The van der Waals surface area contributed by atoms with Gasteiger partial charge in [-0.2, -0.15) is 4.98 Å². The Morgan fingerprint density at radius 2 is 1.81 bits per heavy atom. The number of anilines is 2. The second kappa shape index (κ2) is 6.76. The predicted octanol–water partition coefficient (Wildman–Crippen LogP) is 3.78. The summed E-state index contributed by atoms with van der Waals surface area (Å²) < 4.78 is 6.62. The second-order valence-corrected chi connectivity index (χ2v) is 5.94. The van der Waals surface area contributed by atoms with Gasteiger partial charge in [-0.3, -0.25) is 0 Å². The highest BCUT2D eigenvalue weighted by atomic mass is 79.9. The van der Waals surface area contributed by atoms with Crippen LogP contribution >= 0.6 is 15.9 Å². The molecule has 0 spiro atoms. The van der Waals surface area contributed by atoms with Crippen molar-refractivity contribution in [3.8, 4) is 5.88 Å². The zero-order valence-corrected chi connectivity index (χ0v) is 13.9. The summed E-state index contributed by atoms with van der Waals surface area (Å²) >= 11 is 3.43. The third-order valence-electron chi connectivity index (χ3n) is 2.92. The van der Waals surface area contributed by atoms with E-state index >= 15 is 0 Å². The molecule has 1 heterocycles. The van der Waals surface area contributed by atoms with Crippen molar-refractivity contribution in [2.24, 2.45) is 0 Å². The lowest BCUT2D eigenvalue weighted by atomic mass is 10.1. The first-order valence-corrected chi connectivity index (χ1v) is 7.55. The number of hydrogen-bond acceptors (Lipinski definition) is 5. The van der Waals surface area contributed by atoms with Gasteiger partial charge in [0.25, 0.3) is 0 Å². The first-order chi connectivity index (χ1) is 9.97. The summed E-state index contributed by atoms with van der Waals surface area (Å²) in [5, 5.41) is 3.29. The van der Waals surface area contributed by atoms with Gasteiger partial charge in [0, 0.05) is 4.47 Å². The molecule has 0 saturated carbocycles. The zero-order chi connectivity index (χ0) is 15.4. The molecule has 0 radical (unpaired) electrons. The summed E-state index contributed by atoms with van der Waals surface area (Å²) in [5.74, 6) is 0.988. The number of benzene rings is 1. The molecule has 5 nitrogen and oxygen atoms in total. The summed E-state index contributed by atoms with van der Waals surface area (Å²) in [6.07, 6.45) is 1.46. The summed E-state index contributed by atoms with van der Waals surface area (Å²) in [7, 11) is 0. The molecular formula is C15H19BrN4O. The molecule has 3 N–H and O–H groups in total. The number of hydrogen-bond donors (Lipinski definition) is 2. The van der Waals surface area contributed by atoms with E-state index in [1.807, 2.05) is 45.0 Å². The quantitative estimate of drug-likeness (QED) is 0.858. The van der Waals surface area contributed by atoms with Crippen molar-refractivity contribution >= 4 is 27.4 Å². The average molecular weight is 351 g/mol. The van der Waals surface area contributed by atoms with E-state index in [1.165, 1.54) is 6.33 Å². The summed E-state index contributed by atoms with van der Waals surface area (Å²) in [4.78, 5) is 8.26. The average Bonchev–Trinajstić information content (AvgIpc) is 2.43. The van der Waals surface area contributed by atoms with Crippen molar-refractivity contribution in [1.82, 2.24) is 9.97 Å². The maximum atomic E-state index is 6.06. The number of nitrogens with zero attached hydrogens (tertiary/aromatic N) is 2. The number of nitrogens with one attached hydrogen (secondary N) is 1. The van der Waals surface area contributed by atoms with Gasteiger partial charge in [-0.25, -0.2) is 4.98 Å². The number of nitrogens with two attached hydrogens (primary N) is 1. The van der Waals surface area contributed by atoms with Gasteiger partial charge < -0.3 is 15.8 Å². The van der Waals surface area contributed by atoms with Crippen molar-refractivity contribution < 1.29 is 4.74 Å². The summed E-state index contributed by atoms with van der Waals surface area (Å²) in [6.45, 7) is 5.91. The lowest BCUT2D eigenvalue weighted by Crippen LogP contribution is -2.13. The Morgan fingerprint density at radius 3 is 2.43 bits per heavy atom. The van der Waals surface area contributed by atoms with Gasteiger partial charge >= 0.3 is 0 Å². The molecule has 2 rings (SSSR count). The fourth-order valence-electron chi connectivity index (χ4n) is 1.85. The highest BCUT2D eigenvalue weighted by molar-refractivity contribution is 9.10. The molecule has 0 fully saturated rings. The Hall–Kier alpha value is -1.82. The van der Waals surface area contributed by atoms with E-state index in [9.17, 15) is 0 Å². The molecule has 112 valence electrons. The van der Waals surface area contributed by atoms with Gasteiger partial charge in [0.15, 0.2) is 5.82 Å². The van der Waals surface area contributed by atoms with Crippen LogP contribution in [0.3, 0.4) is 0 Å². The maximum Gasteiger partial charge on any atom is 0.242 e. The van der Waals surface area contributed by atoms with E-state index in [-0.39, 0.29) is 12.1 Å². The van der Waals surface area contributed by atoms with Crippen LogP contribution < -0.4 is 15.8 Å². The van der Waals surface area contributed by atoms with Crippen LogP contribution in [-0.2, 0) is 0 Å². The van der Waals surface area contributed by atoms with E-state index in [0.717, 1.165) is 10.0 Å². The molecule has 21 heavy (non-hydrogen) atoms. The van der Waals surface area contributed by atoms with Crippen LogP contribution in [0.4, 0.5) is 11.5 Å². The Morgan fingerprint density at radius 1 is 1.14 bits per heavy atom. The normalized spacial score (nSPS) is 12.2. The van der Waals surface area contributed by atoms with Gasteiger partial charge in [0.2, 0.25) is 5.88 Å². The smallest absolute Gasteiger partial charge is 0.242 e. The van der Waals surface area contributed by atoms with Crippen molar-refractivity contribution in [1.29, 1.82) is 0 Å². The van der Waals surface area contributed by atoms with E-state index in [0.29, 0.717) is 17.4 Å². The minimum absolute atomic E-state index is 0.0129. The van der Waals surface area contributed by atoms with Crippen LogP contribution in [0.25, 0.3) is 0 Å². The first-order valence-electron chi connectivity index (χ1n) is 6.76. The molecular weight excluding hydrogens is 332 g/mol. The largest absolute Gasteiger partial charge is 0.473 e. The maximum absolute atomic E-state index is 6.06. The van der Waals surface area contributed by atoms with E-state index < -0.39 is 0 Å². The second-order valence-electron chi connectivity index (χ2n) is 5.03. The van der Waals surface area contributed by atoms with E-state index in [1.54, 1.807) is 0 Å². The summed E-state index contributed by atoms with van der Waals surface area (Å²) in [5.41, 5.74) is 7.63. The highest BCUT2D eigenvalue weighted by Gasteiger charge is 2.13. The first kappa shape index (κ1) is 15.6. The van der Waals surface area contributed by atoms with Crippen LogP contribution in [0.15, 0.2) is 35.1 Å². The van der Waals surface area contributed by atoms with Gasteiger partial charge in [0.05, 0.1) is 12.1 Å². The van der Waals surface area contributed by atoms with Crippen LogP contribution in [0.5, 0.6) is 5.88 Å². The molecule has 0 amide bonds. The van der Waals surface area contributed by atoms with Crippen LogP contribution in [0.2, 0.25) is 0 Å². The minimum Gasteiger partial charge on any atom is -0.473 e. The number of nitrogen functional groups attached to an aromatic ring is 1. The van der Waals surface area contributed by atoms with Crippen LogP contribution in [0, 0.1) is 0 Å². The molecule has 1 atom stereocenters. The third kappa shape index (κ3) is 4.07. The van der Waals surface area contributed by atoms with Crippen molar-refractivity contribution in [2.75, 3.05) is 11.1 Å². The van der Waals surface area contributed by atoms with Crippen molar-refractivity contribution in [2.45, 2.75) is 32.9 Å². The van der Waals surface area contributed by atoms with Crippen molar-refractivity contribution in [3.05, 3.63) is 40.6 Å². The fraction of sp³-hybridized carbons (Fsp3) is 0.333. The van der Waals surface area contributed by atoms with E-state index in [4.69, 9.17) is 10.5 Å². The molecule has 1 aromatic carbocycles. The topological polar surface area (TPSA) is 73.1 Å². The Balaban J connectivity index is 2.17. The number of rotatable bonds is 5. The van der Waals surface area contributed by atoms with E-state index in [2.05, 4.69) is 31.2 Å². The molecule has 0 aliphatic carbocycles. The highest BCUT2D eigenvalue weighted by Crippen LogP contribution is 2.28.